The number of ketones is 1. The minimum Gasteiger partial charge on any atom is -0.469 e. The van der Waals surface area contributed by atoms with Gasteiger partial charge in [-0.05, 0) is 48.6 Å². The van der Waals surface area contributed by atoms with Crippen LogP contribution >= 0.6 is 11.3 Å². The fraction of sp³-hybridized carbons (Fsp3) is 0.333. The van der Waals surface area contributed by atoms with Crippen LogP contribution in [0.4, 0.5) is 11.4 Å². The fourth-order valence-electron chi connectivity index (χ4n) is 4.95. The van der Waals surface area contributed by atoms with Gasteiger partial charge >= 0.3 is 0 Å². The Bertz CT molecular complexity index is 1160. The van der Waals surface area contributed by atoms with E-state index in [4.69, 9.17) is 4.42 Å². The zero-order valence-electron chi connectivity index (χ0n) is 18.8. The molecule has 1 amide bonds. The van der Waals surface area contributed by atoms with Crippen LogP contribution in [0, 0.1) is 0 Å². The van der Waals surface area contributed by atoms with Crippen LogP contribution in [0.3, 0.4) is 0 Å². The summed E-state index contributed by atoms with van der Waals surface area (Å²) in [7, 11) is 0. The van der Waals surface area contributed by atoms with Gasteiger partial charge in [0, 0.05) is 34.9 Å². The van der Waals surface area contributed by atoms with Gasteiger partial charge in [-0.3, -0.25) is 14.5 Å². The molecule has 0 spiro atoms. The van der Waals surface area contributed by atoms with Crippen molar-refractivity contribution in [2.45, 2.75) is 57.4 Å². The summed E-state index contributed by atoms with van der Waals surface area (Å²) in [6.45, 7) is 2.14. The summed E-state index contributed by atoms with van der Waals surface area (Å²) in [5.74, 6) is 0.949. The number of amides is 1. The molecule has 5 nitrogen and oxygen atoms in total. The molecule has 5 rings (SSSR count). The predicted molar refractivity (Wildman–Crippen MR) is 131 cm³/mol. The van der Waals surface area contributed by atoms with Crippen LogP contribution < -0.4 is 10.2 Å². The third-order valence-corrected chi connectivity index (χ3v) is 7.43. The monoisotopic (exact) mass is 460 g/mol. The number of hydrogen-bond acceptors (Lipinski definition) is 5. The minimum absolute atomic E-state index is 0.0123. The van der Waals surface area contributed by atoms with E-state index in [1.807, 2.05) is 58.8 Å². The van der Waals surface area contributed by atoms with Crippen LogP contribution in [-0.2, 0) is 9.59 Å². The largest absolute Gasteiger partial charge is 0.469 e. The number of anilines is 2. The number of nitrogens with zero attached hydrogens (tertiary/aromatic N) is 1. The molecule has 1 aromatic carbocycles. The van der Waals surface area contributed by atoms with E-state index in [9.17, 15) is 9.59 Å². The molecule has 0 saturated heterocycles. The second-order valence-electron chi connectivity index (χ2n) is 8.72. The number of fused-ring (bicyclic) bond motifs is 1. The highest BCUT2D eigenvalue weighted by molar-refractivity contribution is 7.10. The van der Waals surface area contributed by atoms with Crippen LogP contribution in [0.1, 0.15) is 68.0 Å². The Morgan fingerprint density at radius 2 is 2.00 bits per heavy atom. The van der Waals surface area contributed by atoms with E-state index in [-0.39, 0.29) is 17.6 Å². The van der Waals surface area contributed by atoms with Gasteiger partial charge in [-0.25, -0.2) is 0 Å². The molecule has 0 saturated carbocycles. The number of thiophene rings is 1. The molecule has 6 heteroatoms. The van der Waals surface area contributed by atoms with Crippen molar-refractivity contribution in [3.63, 3.8) is 0 Å². The number of allylic oxidation sites excluding steroid dienone is 1. The first-order valence-electron chi connectivity index (χ1n) is 11.7. The van der Waals surface area contributed by atoms with Crippen LogP contribution in [-0.4, -0.2) is 11.7 Å². The van der Waals surface area contributed by atoms with Crippen LogP contribution in [0.15, 0.2) is 75.9 Å². The summed E-state index contributed by atoms with van der Waals surface area (Å²) in [4.78, 5) is 30.3. The highest BCUT2D eigenvalue weighted by atomic mass is 32.1. The van der Waals surface area contributed by atoms with E-state index in [0.717, 1.165) is 47.0 Å². The number of carbonyl (C=O) groups is 2. The quantitative estimate of drug-likeness (QED) is 0.410. The lowest BCUT2D eigenvalue weighted by Crippen LogP contribution is -2.38. The average Bonchev–Trinajstić information content (AvgIpc) is 3.51. The van der Waals surface area contributed by atoms with Gasteiger partial charge in [-0.15, -0.1) is 11.3 Å². The maximum absolute atomic E-state index is 13.7. The second kappa shape index (κ2) is 9.40. The van der Waals surface area contributed by atoms with Crippen molar-refractivity contribution in [3.8, 4) is 0 Å². The molecule has 3 aromatic rings. The fourth-order valence-corrected chi connectivity index (χ4v) is 5.78. The number of para-hydroxylation sites is 2. The number of nitrogens with one attached hydrogen (secondary N) is 1. The molecule has 2 aromatic heterocycles. The molecular formula is C27H28N2O3S. The Hall–Kier alpha value is -3.12. The van der Waals surface area contributed by atoms with Gasteiger partial charge in [-0.1, -0.05) is 38.0 Å². The first kappa shape index (κ1) is 21.7. The minimum atomic E-state index is -0.421. The standard InChI is InChI=1S/C27H28N2O3S/c1-2-3-4-13-25(31)29-21-10-6-5-9-19(21)28-20-16-18(23-11-7-14-32-23)17-22(30)26(20)27(29)24-12-8-15-33-24/h5-12,14-15,18,27-28H,2-4,13,16-17H2,1H3/t18-,27+/m1/s1. The number of benzene rings is 1. The van der Waals surface area contributed by atoms with Crippen molar-refractivity contribution in [3.05, 3.63) is 82.1 Å². The third-order valence-electron chi connectivity index (χ3n) is 6.51. The summed E-state index contributed by atoms with van der Waals surface area (Å²) < 4.78 is 5.65. The number of furan rings is 1. The summed E-state index contributed by atoms with van der Waals surface area (Å²) >= 11 is 1.59. The van der Waals surface area contributed by atoms with E-state index >= 15 is 0 Å². The molecule has 0 fully saturated rings. The van der Waals surface area contributed by atoms with Gasteiger partial charge in [0.2, 0.25) is 5.91 Å². The molecule has 0 unspecified atom stereocenters. The summed E-state index contributed by atoms with van der Waals surface area (Å²) in [5.41, 5.74) is 3.29. The third kappa shape index (κ3) is 4.15. The topological polar surface area (TPSA) is 62.6 Å². The average molecular weight is 461 g/mol. The smallest absolute Gasteiger partial charge is 0.227 e. The van der Waals surface area contributed by atoms with Crippen molar-refractivity contribution in [2.75, 3.05) is 10.2 Å². The lowest BCUT2D eigenvalue weighted by molar-refractivity contribution is -0.119. The van der Waals surface area contributed by atoms with E-state index in [0.29, 0.717) is 24.8 Å². The van der Waals surface area contributed by atoms with Crippen molar-refractivity contribution in [1.29, 1.82) is 0 Å². The summed E-state index contributed by atoms with van der Waals surface area (Å²) in [6, 6.07) is 15.3. The van der Waals surface area contributed by atoms with Crippen LogP contribution in [0.5, 0.6) is 0 Å². The van der Waals surface area contributed by atoms with Gasteiger partial charge in [0.15, 0.2) is 5.78 Å². The zero-order chi connectivity index (χ0) is 22.8. The van der Waals surface area contributed by atoms with Crippen molar-refractivity contribution in [1.82, 2.24) is 0 Å². The van der Waals surface area contributed by atoms with Gasteiger partial charge in [0.05, 0.1) is 17.6 Å². The van der Waals surface area contributed by atoms with Gasteiger partial charge in [0.25, 0.3) is 0 Å². The zero-order valence-corrected chi connectivity index (χ0v) is 19.6. The van der Waals surface area contributed by atoms with Gasteiger partial charge in [0.1, 0.15) is 11.8 Å². The van der Waals surface area contributed by atoms with E-state index < -0.39 is 6.04 Å². The van der Waals surface area contributed by atoms with Crippen LogP contribution in [0.25, 0.3) is 0 Å². The van der Waals surface area contributed by atoms with Crippen molar-refractivity contribution in [2.24, 2.45) is 0 Å². The Labute approximate surface area is 198 Å². The first-order valence-corrected chi connectivity index (χ1v) is 12.6. The molecule has 170 valence electrons. The van der Waals surface area contributed by atoms with Gasteiger partial charge in [-0.2, -0.15) is 0 Å². The normalized spacial score (nSPS) is 20.2. The SMILES string of the molecule is CCCCCC(=O)N1c2ccccc2NC2=C(C(=O)C[C@H](c3ccco3)C2)[C@@H]1c1cccs1. The maximum atomic E-state index is 13.7. The number of hydrogen-bond donors (Lipinski definition) is 1. The first-order chi connectivity index (χ1) is 16.2. The molecule has 2 atom stereocenters. The lowest BCUT2D eigenvalue weighted by atomic mass is 9.81. The van der Waals surface area contributed by atoms with Crippen molar-refractivity contribution < 1.29 is 14.0 Å². The molecule has 3 heterocycles. The molecule has 0 radical (unpaired) electrons. The number of unbranched alkanes of at least 4 members (excludes halogenated alkanes) is 2. The Morgan fingerprint density at radius 3 is 2.76 bits per heavy atom. The number of Topliss-reactive ketones (excluding diaryl/α,β-unsaturated/α-hetero) is 1. The Kier molecular flexibility index (Phi) is 6.18. The highest BCUT2D eigenvalue weighted by Crippen LogP contribution is 2.48. The Morgan fingerprint density at radius 1 is 1.12 bits per heavy atom. The maximum Gasteiger partial charge on any atom is 0.227 e. The second-order valence-corrected chi connectivity index (χ2v) is 9.70. The summed E-state index contributed by atoms with van der Waals surface area (Å²) in [5, 5.41) is 5.57. The molecule has 1 aliphatic heterocycles. The number of carbonyl (C=O) groups excluding carboxylic acids is 2. The number of rotatable bonds is 6. The van der Waals surface area contributed by atoms with E-state index in [1.165, 1.54) is 0 Å². The molecule has 1 N–H and O–H groups in total. The summed E-state index contributed by atoms with van der Waals surface area (Å²) in [6.07, 6.45) is 6.09. The lowest BCUT2D eigenvalue weighted by Gasteiger charge is -2.34. The van der Waals surface area contributed by atoms with E-state index in [1.54, 1.807) is 17.6 Å². The molecular weight excluding hydrogens is 432 g/mol. The molecule has 2 aliphatic rings. The molecule has 0 bridgehead atoms. The Balaban J connectivity index is 1.64. The molecule has 1 aliphatic carbocycles. The highest BCUT2D eigenvalue weighted by Gasteiger charge is 2.42. The predicted octanol–water partition coefficient (Wildman–Crippen LogP) is 6.82. The van der Waals surface area contributed by atoms with E-state index in [2.05, 4.69) is 12.2 Å². The van der Waals surface area contributed by atoms with Gasteiger partial charge < -0.3 is 9.73 Å². The van der Waals surface area contributed by atoms with Crippen molar-refractivity contribution >= 4 is 34.4 Å². The molecule has 33 heavy (non-hydrogen) atoms. The van der Waals surface area contributed by atoms with Crippen LogP contribution in [0.2, 0.25) is 0 Å².